The van der Waals surface area contributed by atoms with Gasteiger partial charge in [0.05, 0.1) is 6.04 Å². The molecule has 0 unspecified atom stereocenters. The number of rotatable bonds is 3. The van der Waals surface area contributed by atoms with Crippen LogP contribution in [0.2, 0.25) is 0 Å². The van der Waals surface area contributed by atoms with Gasteiger partial charge in [0.15, 0.2) is 11.4 Å². The van der Waals surface area contributed by atoms with E-state index in [1.807, 2.05) is 0 Å². The maximum absolute atomic E-state index is 13.0. The van der Waals surface area contributed by atoms with Gasteiger partial charge >= 0.3 is 0 Å². The summed E-state index contributed by atoms with van der Waals surface area (Å²) >= 11 is 0. The van der Waals surface area contributed by atoms with Crippen molar-refractivity contribution in [2.45, 2.75) is 31.8 Å². The van der Waals surface area contributed by atoms with Gasteiger partial charge in [-0.05, 0) is 37.0 Å². The zero-order valence-electron chi connectivity index (χ0n) is 15.2. The predicted molar refractivity (Wildman–Crippen MR) is 98.7 cm³/mol. The number of amides is 2. The van der Waals surface area contributed by atoms with Gasteiger partial charge in [0, 0.05) is 25.8 Å². The Morgan fingerprint density at radius 3 is 2.71 bits per heavy atom. The second-order valence-electron chi connectivity index (χ2n) is 7.19. The Morgan fingerprint density at radius 2 is 1.96 bits per heavy atom. The second-order valence-corrected chi connectivity index (χ2v) is 7.19. The summed E-state index contributed by atoms with van der Waals surface area (Å²) < 4.78 is 14.6. The molecule has 2 aliphatic heterocycles. The maximum atomic E-state index is 13.0. The third kappa shape index (κ3) is 3.15. The van der Waals surface area contributed by atoms with E-state index in [1.165, 1.54) is 30.5 Å². The smallest absolute Gasteiger partial charge is 0.274 e. The van der Waals surface area contributed by atoms with E-state index < -0.39 is 17.1 Å². The molecule has 0 saturated carbocycles. The Balaban J connectivity index is 1.65. The summed E-state index contributed by atoms with van der Waals surface area (Å²) in [4.78, 5) is 39.4. The summed E-state index contributed by atoms with van der Waals surface area (Å²) in [7, 11) is 0. The van der Waals surface area contributed by atoms with Crippen LogP contribution in [0.3, 0.4) is 0 Å². The summed E-state index contributed by atoms with van der Waals surface area (Å²) in [6, 6.07) is 5.55. The van der Waals surface area contributed by atoms with Crippen molar-refractivity contribution in [1.82, 2.24) is 14.8 Å². The highest BCUT2D eigenvalue weighted by molar-refractivity contribution is 5.99. The van der Waals surface area contributed by atoms with Crippen molar-refractivity contribution in [3.05, 3.63) is 63.3 Å². The van der Waals surface area contributed by atoms with Crippen molar-refractivity contribution in [2.24, 2.45) is 0 Å². The topological polar surface area (TPSA) is 91.6 Å². The molecular formula is C20H20FN3O4. The molecule has 1 saturated heterocycles. The van der Waals surface area contributed by atoms with Crippen molar-refractivity contribution in [1.29, 1.82) is 0 Å². The number of nitrogens with one attached hydrogen (secondary N) is 1. The van der Waals surface area contributed by atoms with Crippen LogP contribution in [-0.4, -0.2) is 39.5 Å². The molecule has 1 aromatic carbocycles. The van der Waals surface area contributed by atoms with Crippen molar-refractivity contribution in [3.8, 4) is 5.75 Å². The van der Waals surface area contributed by atoms with Gasteiger partial charge in [-0.25, -0.2) is 4.39 Å². The van der Waals surface area contributed by atoms with Crippen LogP contribution in [-0.2, 0) is 6.54 Å². The van der Waals surface area contributed by atoms with Gasteiger partial charge in [0.1, 0.15) is 11.4 Å². The second kappa shape index (κ2) is 7.10. The van der Waals surface area contributed by atoms with Crippen LogP contribution in [0.4, 0.5) is 4.39 Å². The molecule has 2 aromatic rings. The molecule has 146 valence electrons. The number of hydrogen-bond donors (Lipinski definition) is 2. The molecule has 3 heterocycles. The number of aromatic hydroxyl groups is 1. The molecule has 4 rings (SSSR count). The van der Waals surface area contributed by atoms with Gasteiger partial charge in [-0.2, -0.15) is 0 Å². The van der Waals surface area contributed by atoms with Gasteiger partial charge in [-0.15, -0.1) is 0 Å². The lowest BCUT2D eigenvalue weighted by Crippen LogP contribution is -2.44. The number of hydrogen-bond acceptors (Lipinski definition) is 4. The van der Waals surface area contributed by atoms with Crippen LogP contribution in [0.5, 0.6) is 5.75 Å². The van der Waals surface area contributed by atoms with E-state index in [2.05, 4.69) is 5.32 Å². The van der Waals surface area contributed by atoms with Crippen LogP contribution in [0, 0.1) is 5.82 Å². The number of benzene rings is 1. The number of carbonyl (C=O) groups excluding carboxylic acids is 2. The number of aromatic nitrogens is 1. The third-order valence-corrected chi connectivity index (χ3v) is 5.35. The quantitative estimate of drug-likeness (QED) is 0.843. The van der Waals surface area contributed by atoms with E-state index in [1.54, 1.807) is 9.47 Å². The fourth-order valence-corrected chi connectivity index (χ4v) is 3.84. The van der Waals surface area contributed by atoms with Gasteiger partial charge in [-0.1, -0.05) is 12.1 Å². The van der Waals surface area contributed by atoms with Crippen molar-refractivity contribution in [2.75, 3.05) is 13.1 Å². The minimum Gasteiger partial charge on any atom is -0.503 e. The van der Waals surface area contributed by atoms with E-state index in [9.17, 15) is 23.9 Å². The average Bonchev–Trinajstić information content (AvgIpc) is 2.91. The molecule has 2 N–H and O–H groups in total. The van der Waals surface area contributed by atoms with E-state index >= 15 is 0 Å². The molecule has 1 fully saturated rings. The van der Waals surface area contributed by atoms with E-state index in [4.69, 9.17) is 0 Å². The van der Waals surface area contributed by atoms with Crippen molar-refractivity contribution >= 4 is 11.8 Å². The third-order valence-electron chi connectivity index (χ3n) is 5.35. The van der Waals surface area contributed by atoms with E-state index in [0.29, 0.717) is 18.7 Å². The summed E-state index contributed by atoms with van der Waals surface area (Å²) in [5.41, 5.74) is -0.449. The van der Waals surface area contributed by atoms with Crippen LogP contribution >= 0.6 is 0 Å². The standard InChI is InChI=1S/C20H20FN3O4/c21-13-6-4-12(5-7-13)9-22-19(27)15-11-24-14-3-1-2-8-23(10-14)20(28)16(24)18(26)17(15)25/h4-7,11,14,26H,1-3,8-10H2,(H,22,27)/t14-/m0/s1. The van der Waals surface area contributed by atoms with Crippen LogP contribution < -0.4 is 10.7 Å². The summed E-state index contributed by atoms with van der Waals surface area (Å²) in [6.45, 7) is 1.21. The molecule has 2 bridgehead atoms. The molecule has 2 aliphatic rings. The lowest BCUT2D eigenvalue weighted by Gasteiger charge is -2.34. The van der Waals surface area contributed by atoms with Crippen LogP contribution in [0.15, 0.2) is 35.3 Å². The molecule has 2 amide bonds. The fraction of sp³-hybridized carbons (Fsp3) is 0.350. The minimum absolute atomic E-state index is 0.0433. The Kier molecular flexibility index (Phi) is 4.62. The lowest BCUT2D eigenvalue weighted by atomic mass is 10.1. The molecule has 28 heavy (non-hydrogen) atoms. The molecular weight excluding hydrogens is 365 g/mol. The van der Waals surface area contributed by atoms with E-state index in [-0.39, 0.29) is 35.6 Å². The van der Waals surface area contributed by atoms with Gasteiger partial charge in [-0.3, -0.25) is 14.4 Å². The SMILES string of the molecule is O=C(NCc1ccc(F)cc1)c1cn2c(c(O)c1=O)C(=O)N1CCCC[C@H]2C1. The molecule has 8 heteroatoms. The first kappa shape index (κ1) is 18.2. The highest BCUT2D eigenvalue weighted by Crippen LogP contribution is 2.31. The monoisotopic (exact) mass is 385 g/mol. The maximum Gasteiger partial charge on any atom is 0.274 e. The molecule has 1 atom stereocenters. The largest absolute Gasteiger partial charge is 0.503 e. The predicted octanol–water partition coefficient (Wildman–Crippen LogP) is 1.80. The number of carbonyl (C=O) groups is 2. The highest BCUT2D eigenvalue weighted by atomic mass is 19.1. The Labute approximate surface area is 160 Å². The van der Waals surface area contributed by atoms with Gasteiger partial charge < -0.3 is 19.9 Å². The molecule has 1 aromatic heterocycles. The Bertz CT molecular complexity index is 1000. The van der Waals surface area contributed by atoms with Crippen LogP contribution in [0.25, 0.3) is 0 Å². The Hall–Kier alpha value is -3.16. The van der Waals surface area contributed by atoms with Gasteiger partial charge in [0.2, 0.25) is 5.43 Å². The molecule has 0 aliphatic carbocycles. The number of pyridine rings is 1. The number of halogens is 1. The van der Waals surface area contributed by atoms with E-state index in [0.717, 1.165) is 19.3 Å². The van der Waals surface area contributed by atoms with Crippen LogP contribution in [0.1, 0.15) is 51.7 Å². The first-order valence-electron chi connectivity index (χ1n) is 9.25. The van der Waals surface area contributed by atoms with Crippen molar-refractivity contribution in [3.63, 3.8) is 0 Å². The minimum atomic E-state index is -0.865. The summed E-state index contributed by atoms with van der Waals surface area (Å²) in [5, 5.41) is 13.0. The Morgan fingerprint density at radius 1 is 1.21 bits per heavy atom. The number of fused-ring (bicyclic) bond motifs is 4. The first-order chi connectivity index (χ1) is 13.5. The summed E-state index contributed by atoms with van der Waals surface area (Å²) in [5.74, 6) is -2.10. The molecule has 7 nitrogen and oxygen atoms in total. The average molecular weight is 385 g/mol. The number of nitrogens with zero attached hydrogens (tertiary/aromatic N) is 2. The molecule has 0 radical (unpaired) electrons. The van der Waals surface area contributed by atoms with Gasteiger partial charge in [0.25, 0.3) is 11.8 Å². The zero-order valence-corrected chi connectivity index (χ0v) is 15.2. The highest BCUT2D eigenvalue weighted by Gasteiger charge is 2.36. The summed E-state index contributed by atoms with van der Waals surface area (Å²) in [6.07, 6.45) is 3.97. The van der Waals surface area contributed by atoms with Crippen molar-refractivity contribution < 1.29 is 19.1 Å². The first-order valence-corrected chi connectivity index (χ1v) is 9.25. The zero-order chi connectivity index (χ0) is 19.8. The lowest BCUT2D eigenvalue weighted by molar-refractivity contribution is 0.0677. The molecule has 0 spiro atoms. The fourth-order valence-electron chi connectivity index (χ4n) is 3.84. The normalized spacial score (nSPS) is 18.4.